The molecule has 1 N–H and O–H groups in total. The molecule has 2 heterocycles. The van der Waals surface area contributed by atoms with Gasteiger partial charge in [0.25, 0.3) is 5.91 Å². The molecule has 8 nitrogen and oxygen atoms in total. The predicted octanol–water partition coefficient (Wildman–Crippen LogP) is 4.30. The number of carbonyl (C=O) groups excluding carboxylic acids is 2. The molecular weight excluding hydrogens is 510 g/mol. The van der Waals surface area contributed by atoms with E-state index in [0.717, 1.165) is 17.5 Å². The van der Waals surface area contributed by atoms with Crippen molar-refractivity contribution in [2.45, 2.75) is 45.0 Å². The van der Waals surface area contributed by atoms with Crippen LogP contribution in [0.1, 0.15) is 38.3 Å². The summed E-state index contributed by atoms with van der Waals surface area (Å²) in [4.78, 5) is 36.0. The number of amides is 2. The van der Waals surface area contributed by atoms with E-state index in [0.29, 0.717) is 34.6 Å². The summed E-state index contributed by atoms with van der Waals surface area (Å²) in [6.45, 7) is 6.71. The molecule has 2 aliphatic rings. The largest absolute Gasteiger partial charge is 0.444 e. The van der Waals surface area contributed by atoms with Gasteiger partial charge in [-0.1, -0.05) is 41.9 Å². The van der Waals surface area contributed by atoms with Crippen LogP contribution in [-0.4, -0.2) is 77.6 Å². The molecule has 2 atom stereocenters. The van der Waals surface area contributed by atoms with Gasteiger partial charge in [0.1, 0.15) is 5.60 Å². The molecule has 2 unspecified atom stereocenters. The number of aliphatic imine (C=N–C) groups is 1. The molecule has 2 amide bonds. The second kappa shape index (κ2) is 10.7. The minimum Gasteiger partial charge on any atom is -0.444 e. The molecule has 37 heavy (non-hydrogen) atoms. The van der Waals surface area contributed by atoms with Gasteiger partial charge in [0, 0.05) is 43.3 Å². The van der Waals surface area contributed by atoms with E-state index in [1.54, 1.807) is 30.0 Å². The van der Waals surface area contributed by atoms with Crippen molar-refractivity contribution < 1.29 is 14.3 Å². The first kappa shape index (κ1) is 26.9. The van der Waals surface area contributed by atoms with E-state index in [-0.39, 0.29) is 18.0 Å². The Kier molecular flexibility index (Phi) is 7.75. The SMILES string of the molecule is CN1C(=O)C(NC(=S)N2CCC(N(C)C(=O)OC(C)(C)C)C2)N=C(c2ccccc2)c2cc(Cl)ccc21. The number of halogens is 1. The van der Waals surface area contributed by atoms with Crippen molar-refractivity contribution in [2.75, 3.05) is 32.1 Å². The summed E-state index contributed by atoms with van der Waals surface area (Å²) in [5, 5.41) is 4.14. The summed E-state index contributed by atoms with van der Waals surface area (Å²) in [6, 6.07) is 15.0. The van der Waals surface area contributed by atoms with Gasteiger partial charge in [-0.3, -0.25) is 4.79 Å². The molecule has 0 spiro atoms. The predicted molar refractivity (Wildman–Crippen MR) is 150 cm³/mol. The van der Waals surface area contributed by atoms with Gasteiger partial charge in [0.15, 0.2) is 5.11 Å². The smallest absolute Gasteiger partial charge is 0.410 e. The van der Waals surface area contributed by atoms with Crippen molar-refractivity contribution in [3.05, 3.63) is 64.7 Å². The Morgan fingerprint density at radius 3 is 2.59 bits per heavy atom. The Balaban J connectivity index is 1.55. The number of fused-ring (bicyclic) bond motifs is 1. The molecule has 0 aromatic heterocycles. The van der Waals surface area contributed by atoms with Crippen LogP contribution in [0.4, 0.5) is 10.5 Å². The van der Waals surface area contributed by atoms with E-state index >= 15 is 0 Å². The molecule has 1 fully saturated rings. The molecule has 0 radical (unpaired) electrons. The van der Waals surface area contributed by atoms with Crippen molar-refractivity contribution >= 4 is 52.3 Å². The molecular formula is C27H32ClN5O3S. The number of likely N-dealkylation sites (tertiary alicyclic amines) is 1. The standard InChI is InChI=1S/C27H32ClN5O3S/c1-27(2,3)36-26(35)31(4)19-13-14-33(16-19)25(37)30-23-24(34)32(5)21-12-11-18(28)15-20(21)22(29-23)17-9-7-6-8-10-17/h6-12,15,19,23H,13-14,16H2,1-5H3,(H,30,37). The number of ether oxygens (including phenoxy) is 1. The van der Waals surface area contributed by atoms with Crippen LogP contribution in [0, 0.1) is 0 Å². The minimum absolute atomic E-state index is 0.0584. The highest BCUT2D eigenvalue weighted by atomic mass is 35.5. The topological polar surface area (TPSA) is 77.5 Å². The number of hydrogen-bond donors (Lipinski definition) is 1. The van der Waals surface area contributed by atoms with Crippen molar-refractivity contribution in [1.29, 1.82) is 0 Å². The molecule has 0 saturated carbocycles. The van der Waals surface area contributed by atoms with Crippen LogP contribution >= 0.6 is 23.8 Å². The third-order valence-electron chi connectivity index (χ3n) is 6.38. The lowest BCUT2D eigenvalue weighted by Gasteiger charge is -2.29. The van der Waals surface area contributed by atoms with E-state index in [1.165, 1.54) is 0 Å². The average Bonchev–Trinajstić information content (AvgIpc) is 3.32. The van der Waals surface area contributed by atoms with Crippen LogP contribution < -0.4 is 10.2 Å². The zero-order valence-corrected chi connectivity index (χ0v) is 23.3. The molecule has 2 aliphatic heterocycles. The highest BCUT2D eigenvalue weighted by Crippen LogP contribution is 2.30. The first-order valence-electron chi connectivity index (χ1n) is 12.2. The van der Waals surface area contributed by atoms with Gasteiger partial charge in [-0.15, -0.1) is 0 Å². The van der Waals surface area contributed by atoms with Crippen molar-refractivity contribution in [2.24, 2.45) is 4.99 Å². The Labute approximate surface area is 228 Å². The fourth-order valence-corrected chi connectivity index (χ4v) is 4.85. The molecule has 2 aromatic carbocycles. The van der Waals surface area contributed by atoms with Crippen molar-refractivity contribution in [3.8, 4) is 0 Å². The fraction of sp³-hybridized carbons (Fsp3) is 0.407. The highest BCUT2D eigenvalue weighted by molar-refractivity contribution is 7.80. The fourth-order valence-electron chi connectivity index (χ4n) is 4.40. The van der Waals surface area contributed by atoms with Crippen LogP contribution in [0.3, 0.4) is 0 Å². The lowest BCUT2D eigenvalue weighted by Crippen LogP contribution is -2.50. The van der Waals surface area contributed by atoms with E-state index in [2.05, 4.69) is 5.32 Å². The van der Waals surface area contributed by atoms with Crippen molar-refractivity contribution in [3.63, 3.8) is 0 Å². The molecule has 4 rings (SSSR count). The molecule has 2 aromatic rings. The number of hydrogen-bond acceptors (Lipinski definition) is 5. The van der Waals surface area contributed by atoms with Crippen LogP contribution in [0.2, 0.25) is 5.02 Å². The number of rotatable bonds is 3. The van der Waals surface area contributed by atoms with Crippen molar-refractivity contribution in [1.82, 2.24) is 15.1 Å². The number of nitrogens with one attached hydrogen (secondary N) is 1. The highest BCUT2D eigenvalue weighted by Gasteiger charge is 2.35. The first-order chi connectivity index (χ1) is 17.4. The number of thiocarbonyl (C=S) groups is 1. The zero-order valence-electron chi connectivity index (χ0n) is 21.7. The summed E-state index contributed by atoms with van der Waals surface area (Å²) in [7, 11) is 3.46. The van der Waals surface area contributed by atoms with Gasteiger partial charge in [-0.2, -0.15) is 0 Å². The summed E-state index contributed by atoms with van der Waals surface area (Å²) in [5.41, 5.74) is 2.44. The van der Waals surface area contributed by atoms with Crippen LogP contribution in [0.5, 0.6) is 0 Å². The summed E-state index contributed by atoms with van der Waals surface area (Å²) < 4.78 is 5.50. The van der Waals surface area contributed by atoms with Gasteiger partial charge >= 0.3 is 6.09 Å². The maximum absolute atomic E-state index is 13.5. The van der Waals surface area contributed by atoms with Gasteiger partial charge in [0.2, 0.25) is 6.17 Å². The minimum atomic E-state index is -0.929. The second-order valence-corrected chi connectivity index (χ2v) is 11.1. The molecule has 0 bridgehead atoms. The normalized spacial score (nSPS) is 19.6. The number of anilines is 1. The van der Waals surface area contributed by atoms with Gasteiger partial charge in [-0.05, 0) is 57.6 Å². The lowest BCUT2D eigenvalue weighted by atomic mass is 10.0. The number of likely N-dealkylation sites (N-methyl/N-ethyl adjacent to an activating group) is 2. The third-order valence-corrected chi connectivity index (χ3v) is 7.00. The second-order valence-electron chi connectivity index (χ2n) is 10.2. The van der Waals surface area contributed by atoms with E-state index < -0.39 is 11.8 Å². The maximum atomic E-state index is 13.5. The van der Waals surface area contributed by atoms with E-state index in [9.17, 15) is 9.59 Å². The summed E-state index contributed by atoms with van der Waals surface area (Å²) >= 11 is 12.0. The lowest BCUT2D eigenvalue weighted by molar-refractivity contribution is -0.119. The van der Waals surface area contributed by atoms with Gasteiger partial charge < -0.3 is 24.8 Å². The Hall–Kier alpha value is -3.17. The van der Waals surface area contributed by atoms with E-state index in [1.807, 2.05) is 68.1 Å². The molecule has 196 valence electrons. The number of benzene rings is 2. The summed E-state index contributed by atoms with van der Waals surface area (Å²) in [6.07, 6.45) is -0.563. The Morgan fingerprint density at radius 2 is 1.92 bits per heavy atom. The van der Waals surface area contributed by atoms with E-state index in [4.69, 9.17) is 33.5 Å². The quantitative estimate of drug-likeness (QED) is 0.584. The Morgan fingerprint density at radius 1 is 1.22 bits per heavy atom. The molecule has 1 saturated heterocycles. The number of nitrogens with zero attached hydrogens (tertiary/aromatic N) is 4. The Bertz CT molecular complexity index is 1230. The monoisotopic (exact) mass is 541 g/mol. The third kappa shape index (κ3) is 6.05. The van der Waals surface area contributed by atoms with Gasteiger partial charge in [-0.25, -0.2) is 9.79 Å². The molecule has 0 aliphatic carbocycles. The average molecular weight is 542 g/mol. The van der Waals surface area contributed by atoms with Gasteiger partial charge in [0.05, 0.1) is 17.4 Å². The van der Waals surface area contributed by atoms with Crippen LogP contribution in [0.25, 0.3) is 0 Å². The zero-order chi connectivity index (χ0) is 26.9. The van der Waals surface area contributed by atoms with Crippen LogP contribution in [-0.2, 0) is 9.53 Å². The number of benzodiazepines with no additional fused rings is 1. The number of carbonyl (C=O) groups is 2. The maximum Gasteiger partial charge on any atom is 0.410 e. The summed E-state index contributed by atoms with van der Waals surface area (Å²) in [5.74, 6) is -0.238. The first-order valence-corrected chi connectivity index (χ1v) is 12.9. The van der Waals surface area contributed by atoms with Crippen LogP contribution in [0.15, 0.2) is 53.5 Å². The molecule has 10 heteroatoms.